The number of aromatic nitrogens is 4. The number of anilines is 1. The highest BCUT2D eigenvalue weighted by Crippen LogP contribution is 2.49. The number of hydrogen-bond donors (Lipinski definition) is 2. The van der Waals surface area contributed by atoms with Crippen LogP contribution in [0.5, 0.6) is 0 Å². The lowest BCUT2D eigenvalue weighted by molar-refractivity contribution is -0.229. The number of fused-ring (bicyclic) bond motifs is 2. The molecular weight excluding hydrogens is 436 g/mol. The number of ether oxygens (including phenoxy) is 3. The van der Waals surface area contributed by atoms with Crippen molar-refractivity contribution in [3.05, 3.63) is 12.7 Å². The normalized spacial score (nSPS) is 31.1. The molecule has 2 aliphatic heterocycles. The maximum absolute atomic E-state index is 12.9. The molecule has 4 heterocycles. The van der Waals surface area contributed by atoms with E-state index >= 15 is 0 Å². The third kappa shape index (κ3) is 3.85. The highest BCUT2D eigenvalue weighted by Gasteiger charge is 2.60. The second-order valence-corrected chi connectivity index (χ2v) is 10.0. The molecule has 0 radical (unpaired) electrons. The van der Waals surface area contributed by atoms with Gasteiger partial charge in [-0.05, 0) is 32.6 Å². The first-order valence-corrected chi connectivity index (χ1v) is 12.9. The number of carbonyl (C=O) groups excluding carboxylic acids is 1. The summed E-state index contributed by atoms with van der Waals surface area (Å²) in [7, 11) is 0. The first-order chi connectivity index (χ1) is 16.7. The van der Waals surface area contributed by atoms with Crippen LogP contribution < -0.4 is 10.6 Å². The SMILES string of the molecule is CCNC(=O)[C@H]1O[C@@H](n2cnc3c(NC4CCCCC4)ncnc32)[C@H]2OC3(CCCCC3)OC12. The average molecular weight is 471 g/mol. The van der Waals surface area contributed by atoms with Gasteiger partial charge in [-0.1, -0.05) is 25.7 Å². The van der Waals surface area contributed by atoms with Crippen molar-refractivity contribution in [1.82, 2.24) is 24.8 Å². The molecule has 0 bridgehead atoms. The molecule has 1 spiro atoms. The van der Waals surface area contributed by atoms with Crippen molar-refractivity contribution >= 4 is 22.9 Å². The van der Waals surface area contributed by atoms with E-state index < -0.39 is 30.3 Å². The fourth-order valence-electron chi connectivity index (χ4n) is 6.04. The van der Waals surface area contributed by atoms with Crippen LogP contribution in [0.1, 0.15) is 77.4 Å². The van der Waals surface area contributed by atoms with Crippen molar-refractivity contribution in [2.24, 2.45) is 0 Å². The number of hydrogen-bond acceptors (Lipinski definition) is 8. The predicted octanol–water partition coefficient (Wildman–Crippen LogP) is 3.05. The first kappa shape index (κ1) is 22.2. The highest BCUT2D eigenvalue weighted by molar-refractivity contribution is 5.83. The van der Waals surface area contributed by atoms with E-state index in [-0.39, 0.29) is 5.91 Å². The Hall–Kier alpha value is -2.30. The number of likely N-dealkylation sites (N-methyl/N-ethyl adjacent to an activating group) is 1. The third-order valence-electron chi connectivity index (χ3n) is 7.69. The Morgan fingerprint density at radius 1 is 1.06 bits per heavy atom. The van der Waals surface area contributed by atoms with E-state index in [0.29, 0.717) is 23.8 Å². The standard InChI is InChI=1S/C24H34N6O4/c1-2-25-22(31)18-17-19(34-24(33-17)11-7-4-8-12-24)23(32-18)30-14-28-16-20(26-13-27-21(16)30)29-15-9-5-3-6-10-15/h13-15,17-19,23H,2-12H2,1H3,(H,25,31)(H,26,27,29)/t17?,18-,19-,23+/m0/s1. The van der Waals surface area contributed by atoms with Crippen LogP contribution in [0.4, 0.5) is 5.82 Å². The van der Waals surface area contributed by atoms with Gasteiger partial charge in [0, 0.05) is 25.4 Å². The van der Waals surface area contributed by atoms with Crippen molar-refractivity contribution in [2.75, 3.05) is 11.9 Å². The molecule has 6 rings (SSSR count). The molecule has 10 nitrogen and oxygen atoms in total. The molecule has 1 unspecified atom stereocenters. The van der Waals surface area contributed by atoms with Crippen LogP contribution in [0.3, 0.4) is 0 Å². The molecule has 2 N–H and O–H groups in total. The molecule has 1 amide bonds. The van der Waals surface area contributed by atoms with E-state index in [0.717, 1.165) is 44.3 Å². The summed E-state index contributed by atoms with van der Waals surface area (Å²) in [6.45, 7) is 2.43. The van der Waals surface area contributed by atoms with Crippen LogP contribution in [0.25, 0.3) is 11.2 Å². The van der Waals surface area contributed by atoms with E-state index in [1.165, 1.54) is 25.7 Å². The zero-order chi connectivity index (χ0) is 23.1. The zero-order valence-corrected chi connectivity index (χ0v) is 19.7. The molecular formula is C24H34N6O4. The number of nitrogens with one attached hydrogen (secondary N) is 2. The van der Waals surface area contributed by atoms with Crippen molar-refractivity contribution in [3.8, 4) is 0 Å². The molecule has 4 atom stereocenters. The Morgan fingerprint density at radius 3 is 2.62 bits per heavy atom. The van der Waals surface area contributed by atoms with Gasteiger partial charge in [-0.2, -0.15) is 0 Å². The largest absolute Gasteiger partial charge is 0.365 e. The maximum atomic E-state index is 12.9. The molecule has 4 fully saturated rings. The van der Waals surface area contributed by atoms with Crippen molar-refractivity contribution < 1.29 is 19.0 Å². The van der Waals surface area contributed by atoms with Gasteiger partial charge in [-0.15, -0.1) is 0 Å². The molecule has 0 aromatic carbocycles. The maximum Gasteiger partial charge on any atom is 0.252 e. The van der Waals surface area contributed by atoms with Gasteiger partial charge in [0.05, 0.1) is 6.33 Å². The monoisotopic (exact) mass is 470 g/mol. The van der Waals surface area contributed by atoms with Gasteiger partial charge in [-0.25, -0.2) is 15.0 Å². The third-order valence-corrected chi connectivity index (χ3v) is 7.69. The van der Waals surface area contributed by atoms with E-state index in [1.807, 2.05) is 11.5 Å². The van der Waals surface area contributed by atoms with Gasteiger partial charge in [0.25, 0.3) is 5.91 Å². The number of rotatable bonds is 5. The Labute approximate surface area is 199 Å². The first-order valence-electron chi connectivity index (χ1n) is 12.9. The fraction of sp³-hybridized carbons (Fsp3) is 0.750. The molecule has 34 heavy (non-hydrogen) atoms. The van der Waals surface area contributed by atoms with E-state index in [1.54, 1.807) is 12.7 Å². The fourth-order valence-corrected chi connectivity index (χ4v) is 6.04. The quantitative estimate of drug-likeness (QED) is 0.686. The predicted molar refractivity (Wildman–Crippen MR) is 124 cm³/mol. The number of amides is 1. The molecule has 2 aromatic rings. The molecule has 2 aromatic heterocycles. The smallest absolute Gasteiger partial charge is 0.252 e. The summed E-state index contributed by atoms with van der Waals surface area (Å²) >= 11 is 0. The van der Waals surface area contributed by atoms with Gasteiger partial charge in [-0.3, -0.25) is 9.36 Å². The van der Waals surface area contributed by atoms with Gasteiger partial charge in [0.1, 0.15) is 18.5 Å². The van der Waals surface area contributed by atoms with Crippen LogP contribution in [0, 0.1) is 0 Å². The molecule has 184 valence electrons. The van der Waals surface area contributed by atoms with Gasteiger partial charge >= 0.3 is 0 Å². The summed E-state index contributed by atoms with van der Waals surface area (Å²) in [4.78, 5) is 26.6. The second-order valence-electron chi connectivity index (χ2n) is 10.0. The summed E-state index contributed by atoms with van der Waals surface area (Å²) in [5.74, 6) is -0.0487. The lowest BCUT2D eigenvalue weighted by Crippen LogP contribution is -2.43. The molecule has 2 saturated heterocycles. The second kappa shape index (κ2) is 9.05. The summed E-state index contributed by atoms with van der Waals surface area (Å²) < 4.78 is 21.2. The highest BCUT2D eigenvalue weighted by atomic mass is 16.8. The number of nitrogens with zero attached hydrogens (tertiary/aromatic N) is 4. The van der Waals surface area contributed by atoms with Crippen molar-refractivity contribution in [2.45, 2.75) is 108 Å². The molecule has 2 aliphatic carbocycles. The lowest BCUT2D eigenvalue weighted by atomic mass is 9.94. The lowest BCUT2D eigenvalue weighted by Gasteiger charge is -2.34. The van der Waals surface area contributed by atoms with E-state index in [4.69, 9.17) is 14.2 Å². The van der Waals surface area contributed by atoms with E-state index in [2.05, 4.69) is 25.6 Å². The Balaban J connectivity index is 1.31. The molecule has 2 saturated carbocycles. The Morgan fingerprint density at radius 2 is 1.82 bits per heavy atom. The van der Waals surface area contributed by atoms with Crippen LogP contribution >= 0.6 is 0 Å². The molecule has 10 heteroatoms. The van der Waals surface area contributed by atoms with Crippen LogP contribution in [0.15, 0.2) is 12.7 Å². The van der Waals surface area contributed by atoms with Gasteiger partial charge in [0.15, 0.2) is 35.1 Å². The Kier molecular flexibility index (Phi) is 5.90. The minimum Gasteiger partial charge on any atom is -0.365 e. The van der Waals surface area contributed by atoms with Gasteiger partial charge < -0.3 is 24.8 Å². The van der Waals surface area contributed by atoms with Crippen LogP contribution in [-0.4, -0.2) is 62.1 Å². The number of imidazole rings is 1. The summed E-state index contributed by atoms with van der Waals surface area (Å²) in [5, 5.41) is 6.47. The van der Waals surface area contributed by atoms with Crippen molar-refractivity contribution in [1.29, 1.82) is 0 Å². The van der Waals surface area contributed by atoms with Gasteiger partial charge in [0.2, 0.25) is 0 Å². The average Bonchev–Trinajstić information content (AvgIpc) is 3.53. The minimum atomic E-state index is -0.740. The topological polar surface area (TPSA) is 112 Å². The molecule has 4 aliphatic rings. The summed E-state index contributed by atoms with van der Waals surface area (Å²) in [6, 6.07) is 0.406. The zero-order valence-electron chi connectivity index (χ0n) is 19.7. The van der Waals surface area contributed by atoms with E-state index in [9.17, 15) is 4.79 Å². The van der Waals surface area contributed by atoms with Crippen LogP contribution in [-0.2, 0) is 19.0 Å². The van der Waals surface area contributed by atoms with Crippen LogP contribution in [0.2, 0.25) is 0 Å². The minimum absolute atomic E-state index is 0.171. The summed E-state index contributed by atoms with van der Waals surface area (Å²) in [5.41, 5.74) is 1.38. The number of carbonyl (C=O) groups is 1. The Bertz CT molecular complexity index is 1030. The van der Waals surface area contributed by atoms with Crippen molar-refractivity contribution in [3.63, 3.8) is 0 Å². The summed E-state index contributed by atoms with van der Waals surface area (Å²) in [6.07, 6.45) is 12.2.